The molecule has 0 aliphatic heterocycles. The van der Waals surface area contributed by atoms with Crippen LogP contribution in [0.2, 0.25) is 0 Å². The number of aryl methyl sites for hydroxylation is 1. The average molecular weight is 293 g/mol. The largest absolute Gasteiger partial charge is 0.369 e. The van der Waals surface area contributed by atoms with E-state index in [1.807, 2.05) is 13.8 Å². The summed E-state index contributed by atoms with van der Waals surface area (Å²) in [5.41, 5.74) is 0. The van der Waals surface area contributed by atoms with Gasteiger partial charge in [0.15, 0.2) is 0 Å². The number of amides is 1. The van der Waals surface area contributed by atoms with Gasteiger partial charge in [0.2, 0.25) is 11.9 Å². The van der Waals surface area contributed by atoms with Crippen molar-refractivity contribution >= 4 is 39.2 Å². The van der Waals surface area contributed by atoms with E-state index in [4.69, 9.17) is 0 Å². The number of fused-ring (bicyclic) bond motifs is 1. The van der Waals surface area contributed by atoms with Crippen molar-refractivity contribution in [3.63, 3.8) is 0 Å². The molecular formula is C13H19N5OS. The third-order valence-corrected chi connectivity index (χ3v) is 3.70. The molecule has 0 saturated heterocycles. The van der Waals surface area contributed by atoms with Gasteiger partial charge < -0.3 is 16.0 Å². The molecule has 2 heterocycles. The molecule has 0 atom stereocenters. The molecule has 1 amide bonds. The first-order chi connectivity index (χ1) is 9.63. The number of hydrogen-bond acceptors (Lipinski definition) is 6. The molecule has 0 aromatic carbocycles. The van der Waals surface area contributed by atoms with Crippen LogP contribution in [0.3, 0.4) is 0 Å². The monoisotopic (exact) mass is 293 g/mol. The van der Waals surface area contributed by atoms with Crippen molar-refractivity contribution in [3.8, 4) is 0 Å². The highest BCUT2D eigenvalue weighted by molar-refractivity contribution is 7.18. The van der Waals surface area contributed by atoms with E-state index < -0.39 is 0 Å². The number of rotatable bonds is 6. The van der Waals surface area contributed by atoms with Crippen LogP contribution in [0.25, 0.3) is 10.2 Å². The molecule has 6 nitrogen and oxygen atoms in total. The summed E-state index contributed by atoms with van der Waals surface area (Å²) in [5.74, 6) is 1.40. The molecule has 0 aliphatic carbocycles. The second kappa shape index (κ2) is 6.51. The lowest BCUT2D eigenvalue weighted by Crippen LogP contribution is -2.24. The van der Waals surface area contributed by atoms with E-state index in [0.29, 0.717) is 25.5 Å². The molecular weight excluding hydrogens is 274 g/mol. The topological polar surface area (TPSA) is 78.9 Å². The Labute approximate surface area is 122 Å². The number of anilines is 2. The van der Waals surface area contributed by atoms with Gasteiger partial charge in [-0.05, 0) is 19.9 Å². The van der Waals surface area contributed by atoms with Gasteiger partial charge in [-0.1, -0.05) is 0 Å². The van der Waals surface area contributed by atoms with E-state index in [0.717, 1.165) is 16.0 Å². The molecule has 2 aromatic rings. The standard InChI is InChI=1S/C13H19N5OS/c1-4-15-10(19)5-6-16-11-9-7-8(2)20-12(9)18-13(14-3)17-11/h7H,4-6H2,1-3H3,(H,15,19)(H2,14,16,17,18). The molecule has 2 aromatic heterocycles. The summed E-state index contributed by atoms with van der Waals surface area (Å²) in [6, 6.07) is 2.06. The van der Waals surface area contributed by atoms with Crippen molar-refractivity contribution in [1.82, 2.24) is 15.3 Å². The molecule has 0 radical (unpaired) electrons. The van der Waals surface area contributed by atoms with E-state index in [9.17, 15) is 4.79 Å². The number of hydrogen-bond donors (Lipinski definition) is 3. The number of nitrogens with one attached hydrogen (secondary N) is 3. The van der Waals surface area contributed by atoms with Gasteiger partial charge in [-0.15, -0.1) is 11.3 Å². The predicted octanol–water partition coefficient (Wildman–Crippen LogP) is 1.98. The maximum absolute atomic E-state index is 11.4. The van der Waals surface area contributed by atoms with E-state index in [1.165, 1.54) is 4.88 Å². The second-order valence-corrected chi connectivity index (χ2v) is 5.59. The second-order valence-electron chi connectivity index (χ2n) is 4.35. The Kier molecular flexibility index (Phi) is 4.73. The van der Waals surface area contributed by atoms with Crippen LogP contribution >= 0.6 is 11.3 Å². The Morgan fingerprint density at radius 1 is 1.40 bits per heavy atom. The minimum atomic E-state index is 0.0423. The number of thiophene rings is 1. The zero-order chi connectivity index (χ0) is 14.5. The summed E-state index contributed by atoms with van der Waals surface area (Å²) < 4.78 is 0. The number of nitrogens with zero attached hydrogens (tertiary/aromatic N) is 2. The number of aromatic nitrogens is 2. The van der Waals surface area contributed by atoms with Crippen molar-refractivity contribution in [1.29, 1.82) is 0 Å². The first kappa shape index (κ1) is 14.5. The quantitative estimate of drug-likeness (QED) is 0.759. The van der Waals surface area contributed by atoms with Gasteiger partial charge in [-0.25, -0.2) is 4.98 Å². The van der Waals surface area contributed by atoms with Gasteiger partial charge in [-0.2, -0.15) is 4.98 Å². The molecule has 0 aliphatic rings. The predicted molar refractivity (Wildman–Crippen MR) is 83.5 cm³/mol. The Hall–Kier alpha value is -1.89. The first-order valence-corrected chi connectivity index (χ1v) is 7.42. The fraction of sp³-hybridized carbons (Fsp3) is 0.462. The zero-order valence-corrected chi connectivity index (χ0v) is 12.7. The molecule has 0 spiro atoms. The van der Waals surface area contributed by atoms with Crippen LogP contribution in [0.5, 0.6) is 0 Å². The molecule has 0 fully saturated rings. The minimum absolute atomic E-state index is 0.0423. The Balaban J connectivity index is 2.13. The van der Waals surface area contributed by atoms with Gasteiger partial charge >= 0.3 is 0 Å². The fourth-order valence-corrected chi connectivity index (χ4v) is 2.75. The van der Waals surface area contributed by atoms with Crippen LogP contribution in [0.1, 0.15) is 18.2 Å². The number of carbonyl (C=O) groups excluding carboxylic acids is 1. The van der Waals surface area contributed by atoms with Gasteiger partial charge in [0, 0.05) is 31.4 Å². The summed E-state index contributed by atoms with van der Waals surface area (Å²) in [6.45, 7) is 5.16. The summed E-state index contributed by atoms with van der Waals surface area (Å²) in [5, 5.41) is 9.95. The highest BCUT2D eigenvalue weighted by Crippen LogP contribution is 2.29. The summed E-state index contributed by atoms with van der Waals surface area (Å²) in [6.07, 6.45) is 0.428. The van der Waals surface area contributed by atoms with Crippen LogP contribution in [0.4, 0.5) is 11.8 Å². The molecule has 0 bridgehead atoms. The lowest BCUT2D eigenvalue weighted by Gasteiger charge is -2.08. The molecule has 108 valence electrons. The van der Waals surface area contributed by atoms with Crippen LogP contribution < -0.4 is 16.0 Å². The van der Waals surface area contributed by atoms with E-state index in [2.05, 4.69) is 32.0 Å². The maximum atomic E-state index is 11.4. The van der Waals surface area contributed by atoms with Crippen molar-refractivity contribution < 1.29 is 4.79 Å². The zero-order valence-electron chi connectivity index (χ0n) is 11.9. The SMILES string of the molecule is CCNC(=O)CCNc1nc(NC)nc2sc(C)cc12. The minimum Gasteiger partial charge on any atom is -0.369 e. The smallest absolute Gasteiger partial charge is 0.225 e. The summed E-state index contributed by atoms with van der Waals surface area (Å²) >= 11 is 1.63. The van der Waals surface area contributed by atoms with Crippen molar-refractivity contribution in [2.75, 3.05) is 30.8 Å². The van der Waals surface area contributed by atoms with E-state index >= 15 is 0 Å². The Morgan fingerprint density at radius 2 is 2.20 bits per heavy atom. The molecule has 0 saturated carbocycles. The normalized spacial score (nSPS) is 10.6. The molecule has 0 unspecified atom stereocenters. The van der Waals surface area contributed by atoms with Crippen molar-refractivity contribution in [2.45, 2.75) is 20.3 Å². The number of carbonyl (C=O) groups is 1. The van der Waals surface area contributed by atoms with Crippen molar-refractivity contribution in [3.05, 3.63) is 10.9 Å². The lowest BCUT2D eigenvalue weighted by molar-refractivity contribution is -0.120. The van der Waals surface area contributed by atoms with Crippen LogP contribution in [-0.4, -0.2) is 36.0 Å². The lowest BCUT2D eigenvalue weighted by atomic mass is 10.3. The third-order valence-electron chi connectivity index (χ3n) is 2.76. The fourth-order valence-electron chi connectivity index (χ4n) is 1.87. The molecule has 20 heavy (non-hydrogen) atoms. The maximum Gasteiger partial charge on any atom is 0.225 e. The molecule has 7 heteroatoms. The van der Waals surface area contributed by atoms with Gasteiger partial charge in [0.05, 0.1) is 5.39 Å². The molecule has 2 rings (SSSR count). The van der Waals surface area contributed by atoms with Crippen LogP contribution in [0, 0.1) is 6.92 Å². The van der Waals surface area contributed by atoms with E-state index in [-0.39, 0.29) is 5.91 Å². The first-order valence-electron chi connectivity index (χ1n) is 6.60. The average Bonchev–Trinajstić information content (AvgIpc) is 2.79. The van der Waals surface area contributed by atoms with Gasteiger partial charge in [0.25, 0.3) is 0 Å². The van der Waals surface area contributed by atoms with Crippen LogP contribution in [0.15, 0.2) is 6.07 Å². The van der Waals surface area contributed by atoms with Crippen LogP contribution in [-0.2, 0) is 4.79 Å². The summed E-state index contributed by atoms with van der Waals surface area (Å²) in [4.78, 5) is 22.4. The molecule has 3 N–H and O–H groups in total. The van der Waals surface area contributed by atoms with Gasteiger partial charge in [-0.3, -0.25) is 4.79 Å². The highest BCUT2D eigenvalue weighted by Gasteiger charge is 2.10. The van der Waals surface area contributed by atoms with E-state index in [1.54, 1.807) is 18.4 Å². The van der Waals surface area contributed by atoms with Gasteiger partial charge in [0.1, 0.15) is 10.6 Å². The highest BCUT2D eigenvalue weighted by atomic mass is 32.1. The Bertz CT molecular complexity index is 610. The summed E-state index contributed by atoms with van der Waals surface area (Å²) in [7, 11) is 1.79. The Morgan fingerprint density at radius 3 is 2.90 bits per heavy atom. The third kappa shape index (κ3) is 3.36. The van der Waals surface area contributed by atoms with Crippen molar-refractivity contribution in [2.24, 2.45) is 0 Å².